The summed E-state index contributed by atoms with van der Waals surface area (Å²) in [7, 11) is 0. The minimum atomic E-state index is -0.816. The Morgan fingerprint density at radius 3 is 2.58 bits per heavy atom. The molecule has 1 amide bonds. The zero-order chi connectivity index (χ0) is 13.9. The summed E-state index contributed by atoms with van der Waals surface area (Å²) in [6.07, 6.45) is 5.58. The maximum atomic E-state index is 11.9. The number of carboxylic acids is 1. The Hall–Kier alpha value is -1.78. The van der Waals surface area contributed by atoms with Crippen molar-refractivity contribution in [3.8, 4) is 0 Å². The molecule has 2 N–H and O–H groups in total. The number of nitrogens with one attached hydrogen (secondary N) is 1. The lowest BCUT2D eigenvalue weighted by molar-refractivity contribution is -0.150. The summed E-state index contributed by atoms with van der Waals surface area (Å²) >= 11 is 0. The topological polar surface area (TPSA) is 79.5 Å². The molecule has 5 heteroatoms. The quantitative estimate of drug-likeness (QED) is 0.875. The van der Waals surface area contributed by atoms with Gasteiger partial charge in [0.15, 0.2) is 5.76 Å². The van der Waals surface area contributed by atoms with Crippen molar-refractivity contribution in [3.05, 3.63) is 23.7 Å². The van der Waals surface area contributed by atoms with E-state index in [0.717, 1.165) is 24.8 Å². The van der Waals surface area contributed by atoms with E-state index < -0.39 is 11.4 Å². The second kappa shape index (κ2) is 5.47. The minimum absolute atomic E-state index is 0.168. The van der Waals surface area contributed by atoms with Crippen molar-refractivity contribution in [2.45, 2.75) is 39.0 Å². The van der Waals surface area contributed by atoms with Crippen molar-refractivity contribution in [1.29, 1.82) is 0 Å². The number of aryl methyl sites for hydroxylation is 1. The third-order valence-corrected chi connectivity index (χ3v) is 3.92. The lowest BCUT2D eigenvalue weighted by Crippen LogP contribution is -2.44. The van der Waals surface area contributed by atoms with Crippen LogP contribution in [0.4, 0.5) is 0 Å². The number of carboxylic acid groups (broad SMARTS) is 1. The van der Waals surface area contributed by atoms with E-state index in [9.17, 15) is 14.7 Å². The third kappa shape index (κ3) is 2.80. The molecule has 1 aromatic heterocycles. The molecule has 5 nitrogen and oxygen atoms in total. The molecule has 104 valence electrons. The van der Waals surface area contributed by atoms with Gasteiger partial charge in [0.1, 0.15) is 0 Å². The average molecular weight is 265 g/mol. The highest BCUT2D eigenvalue weighted by molar-refractivity contribution is 5.93. The Labute approximate surface area is 112 Å². The number of amides is 1. The van der Waals surface area contributed by atoms with Crippen LogP contribution in [0.15, 0.2) is 16.7 Å². The van der Waals surface area contributed by atoms with Crippen LogP contribution in [0.3, 0.4) is 0 Å². The molecule has 0 aliphatic heterocycles. The predicted octanol–water partition coefficient (Wildman–Crippen LogP) is 2.35. The summed E-state index contributed by atoms with van der Waals surface area (Å²) in [6.45, 7) is 1.95. The highest BCUT2D eigenvalue weighted by atomic mass is 16.4. The van der Waals surface area contributed by atoms with Crippen LogP contribution in [0, 0.1) is 12.3 Å². The second-order valence-electron chi connectivity index (χ2n) is 5.26. The molecule has 1 aromatic rings. The molecule has 1 fully saturated rings. The molecule has 0 aromatic carbocycles. The number of carbonyl (C=O) groups is 2. The normalized spacial score (nSPS) is 17.9. The minimum Gasteiger partial charge on any atom is -0.481 e. The number of aliphatic carboxylic acids is 1. The maximum absolute atomic E-state index is 11.9. The Morgan fingerprint density at radius 1 is 1.37 bits per heavy atom. The van der Waals surface area contributed by atoms with Crippen LogP contribution in [0.1, 0.15) is 48.2 Å². The van der Waals surface area contributed by atoms with E-state index in [-0.39, 0.29) is 18.2 Å². The first-order valence-electron chi connectivity index (χ1n) is 6.61. The van der Waals surface area contributed by atoms with Crippen LogP contribution < -0.4 is 5.32 Å². The molecule has 1 aliphatic rings. The molecule has 2 rings (SSSR count). The first kappa shape index (κ1) is 13.6. The van der Waals surface area contributed by atoms with Gasteiger partial charge >= 0.3 is 5.97 Å². The zero-order valence-corrected chi connectivity index (χ0v) is 11.1. The van der Waals surface area contributed by atoms with E-state index in [1.54, 1.807) is 13.0 Å². The van der Waals surface area contributed by atoms with Crippen molar-refractivity contribution in [2.75, 3.05) is 6.54 Å². The van der Waals surface area contributed by atoms with E-state index in [1.807, 2.05) is 0 Å². The summed E-state index contributed by atoms with van der Waals surface area (Å²) in [4.78, 5) is 23.4. The summed E-state index contributed by atoms with van der Waals surface area (Å²) in [5.41, 5.74) is -0.0560. The molecule has 0 saturated heterocycles. The van der Waals surface area contributed by atoms with Crippen LogP contribution in [0.5, 0.6) is 0 Å². The van der Waals surface area contributed by atoms with E-state index >= 15 is 0 Å². The molecule has 1 heterocycles. The fourth-order valence-corrected chi connectivity index (χ4v) is 2.63. The molecule has 1 saturated carbocycles. The Morgan fingerprint density at radius 2 is 2.05 bits per heavy atom. The first-order chi connectivity index (χ1) is 9.05. The van der Waals surface area contributed by atoms with Crippen molar-refractivity contribution in [3.63, 3.8) is 0 Å². The lowest BCUT2D eigenvalue weighted by atomic mass is 9.74. The smallest absolute Gasteiger partial charge is 0.311 e. The van der Waals surface area contributed by atoms with Crippen molar-refractivity contribution < 1.29 is 19.1 Å². The van der Waals surface area contributed by atoms with Crippen LogP contribution in [-0.4, -0.2) is 23.5 Å². The van der Waals surface area contributed by atoms with E-state index in [4.69, 9.17) is 4.42 Å². The summed E-state index contributed by atoms with van der Waals surface area (Å²) in [5, 5.41) is 12.1. The SMILES string of the molecule is Cc1ccoc1C(=O)NCC1(C(=O)O)CCCCC1. The molecular weight excluding hydrogens is 246 g/mol. The molecule has 19 heavy (non-hydrogen) atoms. The molecule has 0 bridgehead atoms. The van der Waals surface area contributed by atoms with Gasteiger partial charge in [0.2, 0.25) is 0 Å². The van der Waals surface area contributed by atoms with Gasteiger partial charge in [-0.2, -0.15) is 0 Å². The molecular formula is C14H19NO4. The van der Waals surface area contributed by atoms with Crippen molar-refractivity contribution >= 4 is 11.9 Å². The van der Waals surface area contributed by atoms with Crippen molar-refractivity contribution in [2.24, 2.45) is 5.41 Å². The average Bonchev–Trinajstić information content (AvgIpc) is 2.83. The monoisotopic (exact) mass is 265 g/mol. The largest absolute Gasteiger partial charge is 0.481 e. The van der Waals surface area contributed by atoms with Crippen LogP contribution in [0.2, 0.25) is 0 Å². The van der Waals surface area contributed by atoms with Gasteiger partial charge in [-0.3, -0.25) is 9.59 Å². The van der Waals surface area contributed by atoms with Gasteiger partial charge < -0.3 is 14.8 Å². The molecule has 1 aliphatic carbocycles. The molecule has 0 radical (unpaired) electrons. The Bertz CT molecular complexity index is 472. The summed E-state index contributed by atoms with van der Waals surface area (Å²) in [5.74, 6) is -0.895. The van der Waals surface area contributed by atoms with Gasteiger partial charge in [0, 0.05) is 12.1 Å². The fourth-order valence-electron chi connectivity index (χ4n) is 2.63. The highest BCUT2D eigenvalue weighted by Gasteiger charge is 2.40. The van der Waals surface area contributed by atoms with Crippen LogP contribution >= 0.6 is 0 Å². The number of furan rings is 1. The van der Waals surface area contributed by atoms with E-state index in [0.29, 0.717) is 12.8 Å². The van der Waals surface area contributed by atoms with Gasteiger partial charge in [0.05, 0.1) is 11.7 Å². The lowest BCUT2D eigenvalue weighted by Gasteiger charge is -2.33. The maximum Gasteiger partial charge on any atom is 0.311 e. The third-order valence-electron chi connectivity index (χ3n) is 3.92. The molecule has 0 atom stereocenters. The van der Waals surface area contributed by atoms with E-state index in [2.05, 4.69) is 5.32 Å². The van der Waals surface area contributed by atoms with Gasteiger partial charge in [-0.25, -0.2) is 0 Å². The fraction of sp³-hybridized carbons (Fsp3) is 0.571. The predicted molar refractivity (Wildman–Crippen MR) is 68.9 cm³/mol. The zero-order valence-electron chi connectivity index (χ0n) is 11.1. The summed E-state index contributed by atoms with van der Waals surface area (Å²) < 4.78 is 5.10. The first-order valence-corrected chi connectivity index (χ1v) is 6.61. The number of hydrogen-bond acceptors (Lipinski definition) is 3. The second-order valence-corrected chi connectivity index (χ2v) is 5.26. The van der Waals surface area contributed by atoms with Gasteiger partial charge in [-0.1, -0.05) is 19.3 Å². The highest BCUT2D eigenvalue weighted by Crippen LogP contribution is 2.36. The van der Waals surface area contributed by atoms with Crippen molar-refractivity contribution in [1.82, 2.24) is 5.32 Å². The molecule has 0 unspecified atom stereocenters. The Kier molecular flexibility index (Phi) is 3.93. The van der Waals surface area contributed by atoms with Crippen LogP contribution in [0.25, 0.3) is 0 Å². The van der Waals surface area contributed by atoms with Gasteiger partial charge in [-0.15, -0.1) is 0 Å². The molecule has 0 spiro atoms. The summed E-state index contributed by atoms with van der Waals surface area (Å²) in [6, 6.07) is 1.71. The van der Waals surface area contributed by atoms with Gasteiger partial charge in [-0.05, 0) is 25.8 Å². The van der Waals surface area contributed by atoms with E-state index in [1.165, 1.54) is 6.26 Å². The van der Waals surface area contributed by atoms with Crippen LogP contribution in [-0.2, 0) is 4.79 Å². The van der Waals surface area contributed by atoms with Gasteiger partial charge in [0.25, 0.3) is 5.91 Å². The number of rotatable bonds is 4. The Balaban J connectivity index is 2.02. The number of carbonyl (C=O) groups excluding carboxylic acids is 1. The number of hydrogen-bond donors (Lipinski definition) is 2. The standard InChI is InChI=1S/C14H19NO4/c1-10-5-8-19-11(10)12(16)15-9-14(13(17)18)6-3-2-4-7-14/h5,8H,2-4,6-7,9H2,1H3,(H,15,16)(H,17,18).